The van der Waals surface area contributed by atoms with Crippen LogP contribution >= 0.6 is 0 Å². The van der Waals surface area contributed by atoms with Crippen molar-refractivity contribution in [2.45, 2.75) is 6.04 Å². The van der Waals surface area contributed by atoms with Gasteiger partial charge in [-0.05, 0) is 12.1 Å². The Kier molecular flexibility index (Phi) is 3.88. The van der Waals surface area contributed by atoms with Crippen molar-refractivity contribution in [2.75, 3.05) is 26.4 Å². The van der Waals surface area contributed by atoms with Crippen LogP contribution in [0.2, 0.25) is 0 Å². The Morgan fingerprint density at radius 1 is 1.50 bits per heavy atom. The van der Waals surface area contributed by atoms with Crippen molar-refractivity contribution in [1.29, 1.82) is 0 Å². The SMILES string of the molecule is O=C(c1cccc(F)c1F)N1CCOCC1CO. The second-order valence-corrected chi connectivity index (χ2v) is 4.01. The van der Waals surface area contributed by atoms with Gasteiger partial charge in [0.05, 0.1) is 31.4 Å². The number of amides is 1. The first-order valence-electron chi connectivity index (χ1n) is 5.58. The van der Waals surface area contributed by atoms with Crippen LogP contribution in [0, 0.1) is 11.6 Å². The largest absolute Gasteiger partial charge is 0.394 e. The van der Waals surface area contributed by atoms with Gasteiger partial charge in [-0.25, -0.2) is 8.78 Å². The number of nitrogens with zero attached hydrogens (tertiary/aromatic N) is 1. The van der Waals surface area contributed by atoms with Gasteiger partial charge in [0.15, 0.2) is 11.6 Å². The van der Waals surface area contributed by atoms with E-state index in [1.165, 1.54) is 17.0 Å². The number of benzene rings is 1. The van der Waals surface area contributed by atoms with Gasteiger partial charge in [0.1, 0.15) is 0 Å². The van der Waals surface area contributed by atoms with E-state index in [0.29, 0.717) is 6.61 Å². The molecule has 0 saturated carbocycles. The fourth-order valence-electron chi connectivity index (χ4n) is 1.90. The van der Waals surface area contributed by atoms with Gasteiger partial charge in [-0.15, -0.1) is 0 Å². The number of hydrogen-bond donors (Lipinski definition) is 1. The molecule has 0 bridgehead atoms. The van der Waals surface area contributed by atoms with Gasteiger partial charge >= 0.3 is 0 Å². The number of carbonyl (C=O) groups is 1. The molecular formula is C12H13F2NO3. The van der Waals surface area contributed by atoms with Gasteiger partial charge < -0.3 is 14.7 Å². The zero-order valence-corrected chi connectivity index (χ0v) is 9.60. The second-order valence-electron chi connectivity index (χ2n) is 4.01. The van der Waals surface area contributed by atoms with Crippen molar-refractivity contribution >= 4 is 5.91 Å². The highest BCUT2D eigenvalue weighted by Gasteiger charge is 2.29. The maximum absolute atomic E-state index is 13.5. The zero-order valence-electron chi connectivity index (χ0n) is 9.60. The van der Waals surface area contributed by atoms with Gasteiger partial charge in [0, 0.05) is 6.54 Å². The van der Waals surface area contributed by atoms with Gasteiger partial charge in [-0.3, -0.25) is 4.79 Å². The zero-order chi connectivity index (χ0) is 13.1. The highest BCUT2D eigenvalue weighted by atomic mass is 19.2. The van der Waals surface area contributed by atoms with Crippen LogP contribution in [0.25, 0.3) is 0 Å². The summed E-state index contributed by atoms with van der Waals surface area (Å²) >= 11 is 0. The molecule has 0 aromatic heterocycles. The Bertz CT molecular complexity index is 453. The molecule has 1 N–H and O–H groups in total. The number of rotatable bonds is 2. The lowest BCUT2D eigenvalue weighted by atomic mass is 10.1. The Morgan fingerprint density at radius 3 is 3.00 bits per heavy atom. The van der Waals surface area contributed by atoms with Crippen molar-refractivity contribution < 1.29 is 23.4 Å². The highest BCUT2D eigenvalue weighted by molar-refractivity contribution is 5.94. The lowest BCUT2D eigenvalue weighted by Crippen LogP contribution is -2.50. The van der Waals surface area contributed by atoms with Crippen molar-refractivity contribution in [2.24, 2.45) is 0 Å². The van der Waals surface area contributed by atoms with E-state index in [0.717, 1.165) is 6.07 Å². The van der Waals surface area contributed by atoms with Crippen LogP contribution in [0.1, 0.15) is 10.4 Å². The van der Waals surface area contributed by atoms with Crippen LogP contribution < -0.4 is 0 Å². The smallest absolute Gasteiger partial charge is 0.257 e. The van der Waals surface area contributed by atoms with Crippen LogP contribution in [0.3, 0.4) is 0 Å². The molecule has 1 fully saturated rings. The first-order chi connectivity index (χ1) is 8.65. The van der Waals surface area contributed by atoms with Gasteiger partial charge in [-0.1, -0.05) is 6.07 Å². The maximum Gasteiger partial charge on any atom is 0.257 e. The van der Waals surface area contributed by atoms with Crippen molar-refractivity contribution in [3.05, 3.63) is 35.4 Å². The average Bonchev–Trinajstić information content (AvgIpc) is 2.41. The summed E-state index contributed by atoms with van der Waals surface area (Å²) in [6.45, 7) is 0.487. The fourth-order valence-corrected chi connectivity index (χ4v) is 1.90. The Morgan fingerprint density at radius 2 is 2.28 bits per heavy atom. The number of aliphatic hydroxyl groups excluding tert-OH is 1. The fraction of sp³-hybridized carbons (Fsp3) is 0.417. The minimum Gasteiger partial charge on any atom is -0.394 e. The molecule has 0 radical (unpaired) electrons. The van der Waals surface area contributed by atoms with Gasteiger partial charge in [0.25, 0.3) is 5.91 Å². The third-order valence-electron chi connectivity index (χ3n) is 2.88. The number of halogens is 2. The predicted octanol–water partition coefficient (Wildman–Crippen LogP) is 0.798. The molecule has 1 saturated heterocycles. The Labute approximate surface area is 103 Å². The summed E-state index contributed by atoms with van der Waals surface area (Å²) in [5, 5.41) is 9.14. The molecule has 4 nitrogen and oxygen atoms in total. The van der Waals surface area contributed by atoms with Crippen LogP contribution in [0.15, 0.2) is 18.2 Å². The van der Waals surface area contributed by atoms with Crippen molar-refractivity contribution in [1.82, 2.24) is 4.90 Å². The molecule has 1 amide bonds. The van der Waals surface area contributed by atoms with E-state index < -0.39 is 23.6 Å². The lowest BCUT2D eigenvalue weighted by Gasteiger charge is -2.34. The predicted molar refractivity (Wildman–Crippen MR) is 59.1 cm³/mol. The van der Waals surface area contributed by atoms with Crippen LogP contribution in [-0.2, 0) is 4.74 Å². The molecule has 18 heavy (non-hydrogen) atoms. The molecule has 6 heteroatoms. The van der Waals surface area contributed by atoms with E-state index in [1.807, 2.05) is 0 Å². The van der Waals surface area contributed by atoms with Crippen LogP contribution in [-0.4, -0.2) is 48.3 Å². The molecule has 1 aromatic rings. The summed E-state index contributed by atoms with van der Waals surface area (Å²) in [7, 11) is 0. The first kappa shape index (κ1) is 12.9. The summed E-state index contributed by atoms with van der Waals surface area (Å²) in [6.07, 6.45) is 0. The number of ether oxygens (including phenoxy) is 1. The van der Waals surface area contributed by atoms with Crippen LogP contribution in [0.5, 0.6) is 0 Å². The molecule has 1 aromatic carbocycles. The minimum absolute atomic E-state index is 0.194. The molecule has 2 rings (SSSR count). The summed E-state index contributed by atoms with van der Waals surface area (Å²) in [6, 6.07) is 2.94. The van der Waals surface area contributed by atoms with E-state index in [2.05, 4.69) is 0 Å². The number of aliphatic hydroxyl groups is 1. The summed E-state index contributed by atoms with van der Waals surface area (Å²) in [5.41, 5.74) is -0.324. The summed E-state index contributed by atoms with van der Waals surface area (Å²) < 4.78 is 31.7. The van der Waals surface area contributed by atoms with E-state index in [1.54, 1.807) is 0 Å². The number of morpholine rings is 1. The molecule has 1 heterocycles. The van der Waals surface area contributed by atoms with E-state index in [9.17, 15) is 13.6 Å². The molecule has 0 spiro atoms. The molecule has 98 valence electrons. The highest BCUT2D eigenvalue weighted by Crippen LogP contribution is 2.17. The molecule has 1 aliphatic rings. The van der Waals surface area contributed by atoms with E-state index in [4.69, 9.17) is 9.84 Å². The average molecular weight is 257 g/mol. The minimum atomic E-state index is -1.16. The van der Waals surface area contributed by atoms with E-state index >= 15 is 0 Å². The molecular weight excluding hydrogens is 244 g/mol. The Hall–Kier alpha value is -1.53. The summed E-state index contributed by atoms with van der Waals surface area (Å²) in [5.74, 6) is -2.85. The first-order valence-corrected chi connectivity index (χ1v) is 5.58. The van der Waals surface area contributed by atoms with Crippen molar-refractivity contribution in [3.63, 3.8) is 0 Å². The van der Waals surface area contributed by atoms with Gasteiger partial charge in [0.2, 0.25) is 0 Å². The monoisotopic (exact) mass is 257 g/mol. The van der Waals surface area contributed by atoms with Gasteiger partial charge in [-0.2, -0.15) is 0 Å². The molecule has 1 atom stereocenters. The normalized spacial score (nSPS) is 19.9. The maximum atomic E-state index is 13.5. The quantitative estimate of drug-likeness (QED) is 0.852. The molecule has 1 unspecified atom stereocenters. The molecule has 0 aliphatic carbocycles. The Balaban J connectivity index is 2.27. The van der Waals surface area contributed by atoms with Crippen LogP contribution in [0.4, 0.5) is 8.78 Å². The topological polar surface area (TPSA) is 49.8 Å². The second kappa shape index (κ2) is 5.41. The summed E-state index contributed by atoms with van der Waals surface area (Å²) in [4.78, 5) is 13.4. The number of carbonyl (C=O) groups excluding carboxylic acids is 1. The van der Waals surface area contributed by atoms with E-state index in [-0.39, 0.29) is 25.3 Å². The standard InChI is InChI=1S/C12H13F2NO3/c13-10-3-1-2-9(11(10)14)12(17)15-4-5-18-7-8(15)6-16/h1-3,8,16H,4-7H2. The third-order valence-corrected chi connectivity index (χ3v) is 2.88. The van der Waals surface area contributed by atoms with Crippen molar-refractivity contribution in [3.8, 4) is 0 Å². The third kappa shape index (κ3) is 2.34. The lowest BCUT2D eigenvalue weighted by molar-refractivity contribution is -0.0186. The number of hydrogen-bond acceptors (Lipinski definition) is 3. The molecule has 1 aliphatic heterocycles.